The Morgan fingerprint density at radius 3 is 2.36 bits per heavy atom. The molecule has 2 heteroatoms. The summed E-state index contributed by atoms with van der Waals surface area (Å²) >= 11 is 0. The van der Waals surface area contributed by atoms with E-state index >= 15 is 0 Å². The summed E-state index contributed by atoms with van der Waals surface area (Å²) in [5, 5.41) is 0. The maximum absolute atomic E-state index is 5.97. The van der Waals surface area contributed by atoms with Crippen LogP contribution in [0.3, 0.4) is 0 Å². The number of nitrogens with zero attached hydrogens (tertiary/aromatic N) is 1. The Kier molecular flexibility index (Phi) is 4.99. The van der Waals surface area contributed by atoms with Gasteiger partial charge in [0.2, 0.25) is 0 Å². The van der Waals surface area contributed by atoms with E-state index < -0.39 is 0 Å². The molecule has 0 radical (unpaired) electrons. The van der Waals surface area contributed by atoms with E-state index in [1.54, 1.807) is 0 Å². The van der Waals surface area contributed by atoms with E-state index in [4.69, 9.17) is 5.73 Å². The number of hydrogen-bond acceptors (Lipinski definition) is 1. The van der Waals surface area contributed by atoms with E-state index in [1.807, 2.05) is 0 Å². The predicted molar refractivity (Wildman–Crippen MR) is 62.5 cm³/mol. The van der Waals surface area contributed by atoms with E-state index in [9.17, 15) is 0 Å². The smallest absolute Gasteiger partial charge is 0.0968 e. The first-order valence-corrected chi connectivity index (χ1v) is 6.07. The van der Waals surface area contributed by atoms with Gasteiger partial charge in [-0.05, 0) is 38.0 Å². The second-order valence-corrected chi connectivity index (χ2v) is 4.43. The lowest BCUT2D eigenvalue weighted by atomic mass is 9.80. The van der Waals surface area contributed by atoms with Crippen molar-refractivity contribution < 1.29 is 0 Å². The summed E-state index contributed by atoms with van der Waals surface area (Å²) in [6, 6.07) is 0. The van der Waals surface area contributed by atoms with Crippen LogP contribution >= 0.6 is 0 Å². The van der Waals surface area contributed by atoms with Crippen molar-refractivity contribution >= 4 is 5.84 Å². The summed E-state index contributed by atoms with van der Waals surface area (Å²) < 4.78 is 0. The second kappa shape index (κ2) is 6.05. The molecule has 0 aromatic heterocycles. The second-order valence-electron chi connectivity index (χ2n) is 4.43. The summed E-state index contributed by atoms with van der Waals surface area (Å²) in [6.07, 6.45) is 7.66. The van der Waals surface area contributed by atoms with Crippen molar-refractivity contribution in [1.29, 1.82) is 0 Å². The monoisotopic (exact) mass is 196 g/mol. The van der Waals surface area contributed by atoms with Crippen LogP contribution in [0.2, 0.25) is 0 Å². The molecule has 0 aliphatic heterocycles. The highest BCUT2D eigenvalue weighted by atomic mass is 14.9. The lowest BCUT2D eigenvalue weighted by Gasteiger charge is -2.27. The molecule has 2 nitrogen and oxygen atoms in total. The van der Waals surface area contributed by atoms with E-state index in [-0.39, 0.29) is 0 Å². The molecule has 0 aromatic carbocycles. The number of nitrogens with two attached hydrogens (primary N) is 1. The Morgan fingerprint density at radius 1 is 1.21 bits per heavy atom. The first-order chi connectivity index (χ1) is 6.77. The van der Waals surface area contributed by atoms with E-state index in [2.05, 4.69) is 18.8 Å². The summed E-state index contributed by atoms with van der Waals surface area (Å²) in [4.78, 5) is 4.41. The average molecular weight is 196 g/mol. The Balaban J connectivity index is 2.33. The minimum Gasteiger partial charge on any atom is -0.387 e. The Bertz CT molecular complexity index is 179. The molecule has 82 valence electrons. The van der Waals surface area contributed by atoms with Crippen LogP contribution in [-0.4, -0.2) is 12.4 Å². The molecule has 1 rings (SSSR count). The maximum Gasteiger partial charge on any atom is 0.0968 e. The average Bonchev–Trinajstić information content (AvgIpc) is 2.26. The van der Waals surface area contributed by atoms with Crippen LogP contribution in [0.1, 0.15) is 52.4 Å². The van der Waals surface area contributed by atoms with Crippen LogP contribution in [0.15, 0.2) is 4.99 Å². The first kappa shape index (κ1) is 11.5. The number of amidine groups is 1. The predicted octanol–water partition coefficient (Wildman–Crippen LogP) is 2.97. The molecule has 0 amide bonds. The van der Waals surface area contributed by atoms with Crippen LogP contribution in [0.5, 0.6) is 0 Å². The molecule has 0 aromatic rings. The van der Waals surface area contributed by atoms with Gasteiger partial charge in [-0.25, -0.2) is 0 Å². The number of aliphatic imine (C=N–C) groups is 1. The van der Waals surface area contributed by atoms with Gasteiger partial charge in [0, 0.05) is 12.5 Å². The standard InChI is InChI=1S/C12H24N2/c1-3-9-14-12(13)11-7-5-10(4-2)6-8-11/h10-11H,3-9H2,1-2H3,(H2,13,14). The summed E-state index contributed by atoms with van der Waals surface area (Å²) in [7, 11) is 0. The van der Waals surface area contributed by atoms with Gasteiger partial charge in [-0.3, -0.25) is 4.99 Å². The zero-order valence-corrected chi connectivity index (χ0v) is 9.63. The summed E-state index contributed by atoms with van der Waals surface area (Å²) in [6.45, 7) is 5.34. The molecule has 1 saturated carbocycles. The van der Waals surface area contributed by atoms with Crippen LogP contribution < -0.4 is 5.73 Å². The molecule has 0 unspecified atom stereocenters. The highest BCUT2D eigenvalue weighted by molar-refractivity contribution is 5.82. The highest BCUT2D eigenvalue weighted by Gasteiger charge is 2.22. The molecule has 0 bridgehead atoms. The third-order valence-corrected chi connectivity index (χ3v) is 3.36. The van der Waals surface area contributed by atoms with Crippen molar-refractivity contribution in [2.24, 2.45) is 22.6 Å². The Hall–Kier alpha value is -0.530. The van der Waals surface area contributed by atoms with Crippen LogP contribution in [0.25, 0.3) is 0 Å². The van der Waals surface area contributed by atoms with Gasteiger partial charge in [0.25, 0.3) is 0 Å². The van der Waals surface area contributed by atoms with Gasteiger partial charge in [-0.1, -0.05) is 20.3 Å². The zero-order valence-electron chi connectivity index (χ0n) is 9.63. The molecule has 0 atom stereocenters. The van der Waals surface area contributed by atoms with Gasteiger partial charge in [0.15, 0.2) is 0 Å². The largest absolute Gasteiger partial charge is 0.387 e. The molecular weight excluding hydrogens is 172 g/mol. The van der Waals surface area contributed by atoms with Crippen molar-refractivity contribution in [2.75, 3.05) is 6.54 Å². The zero-order chi connectivity index (χ0) is 10.4. The molecular formula is C12H24N2. The molecule has 1 aliphatic rings. The summed E-state index contributed by atoms with van der Waals surface area (Å²) in [5.74, 6) is 2.45. The van der Waals surface area contributed by atoms with Gasteiger partial charge in [-0.15, -0.1) is 0 Å². The Labute approximate surface area is 88.0 Å². The van der Waals surface area contributed by atoms with Crippen molar-refractivity contribution in [3.8, 4) is 0 Å². The third kappa shape index (κ3) is 3.32. The van der Waals surface area contributed by atoms with Crippen molar-refractivity contribution in [3.05, 3.63) is 0 Å². The van der Waals surface area contributed by atoms with Gasteiger partial charge in [0.05, 0.1) is 5.84 Å². The topological polar surface area (TPSA) is 38.4 Å². The minimum absolute atomic E-state index is 0.587. The summed E-state index contributed by atoms with van der Waals surface area (Å²) in [5.41, 5.74) is 5.97. The van der Waals surface area contributed by atoms with Crippen LogP contribution in [0.4, 0.5) is 0 Å². The van der Waals surface area contributed by atoms with Crippen LogP contribution in [0, 0.1) is 11.8 Å². The normalized spacial score (nSPS) is 29.1. The van der Waals surface area contributed by atoms with Crippen molar-refractivity contribution in [1.82, 2.24) is 0 Å². The molecule has 2 N–H and O–H groups in total. The molecule has 0 heterocycles. The van der Waals surface area contributed by atoms with Crippen molar-refractivity contribution in [3.63, 3.8) is 0 Å². The van der Waals surface area contributed by atoms with Gasteiger partial charge in [-0.2, -0.15) is 0 Å². The van der Waals surface area contributed by atoms with Crippen molar-refractivity contribution in [2.45, 2.75) is 52.4 Å². The lowest BCUT2D eigenvalue weighted by molar-refractivity contribution is 0.313. The molecule has 0 saturated heterocycles. The number of hydrogen-bond donors (Lipinski definition) is 1. The fourth-order valence-corrected chi connectivity index (χ4v) is 2.24. The van der Waals surface area contributed by atoms with E-state index in [0.29, 0.717) is 5.92 Å². The Morgan fingerprint density at radius 2 is 1.86 bits per heavy atom. The van der Waals surface area contributed by atoms with Gasteiger partial charge >= 0.3 is 0 Å². The maximum atomic E-state index is 5.97. The van der Waals surface area contributed by atoms with E-state index in [0.717, 1.165) is 24.7 Å². The molecule has 14 heavy (non-hydrogen) atoms. The van der Waals surface area contributed by atoms with E-state index in [1.165, 1.54) is 32.1 Å². The lowest BCUT2D eigenvalue weighted by Crippen LogP contribution is -2.28. The van der Waals surface area contributed by atoms with Crippen LogP contribution in [-0.2, 0) is 0 Å². The quantitative estimate of drug-likeness (QED) is 0.545. The van der Waals surface area contributed by atoms with Gasteiger partial charge in [0.1, 0.15) is 0 Å². The molecule has 0 spiro atoms. The third-order valence-electron chi connectivity index (χ3n) is 3.36. The fourth-order valence-electron chi connectivity index (χ4n) is 2.24. The molecule has 1 fully saturated rings. The molecule has 1 aliphatic carbocycles. The minimum atomic E-state index is 0.587. The fraction of sp³-hybridized carbons (Fsp3) is 0.917. The van der Waals surface area contributed by atoms with Gasteiger partial charge < -0.3 is 5.73 Å². The first-order valence-electron chi connectivity index (χ1n) is 6.07. The highest BCUT2D eigenvalue weighted by Crippen LogP contribution is 2.30. The number of rotatable bonds is 4. The SMILES string of the molecule is CCCN=C(N)C1CCC(CC)CC1.